The number of carbonyl (C=O) groups excluding carboxylic acids is 1. The number of ether oxygens (including phenoxy) is 2. The molecule has 0 saturated carbocycles. The zero-order valence-electron chi connectivity index (χ0n) is 12.4. The molecule has 0 aliphatic heterocycles. The highest BCUT2D eigenvalue weighted by Gasteiger charge is 2.13. The highest BCUT2D eigenvalue weighted by atomic mass is 35.5. The van der Waals surface area contributed by atoms with Gasteiger partial charge in [-0.05, 0) is 35.9 Å². The molecule has 2 aromatic carbocycles. The van der Waals surface area contributed by atoms with Crippen molar-refractivity contribution in [1.29, 1.82) is 0 Å². The first-order valence-electron chi connectivity index (χ1n) is 6.55. The van der Waals surface area contributed by atoms with Crippen molar-refractivity contribution in [2.24, 2.45) is 0 Å². The first-order chi connectivity index (χ1) is 11.0. The summed E-state index contributed by atoms with van der Waals surface area (Å²) in [5.74, 6) is 0.975. The number of rotatable bonds is 5. The van der Waals surface area contributed by atoms with Crippen LogP contribution >= 0.6 is 34.8 Å². The maximum Gasteiger partial charge on any atom is 0.187 e. The summed E-state index contributed by atoms with van der Waals surface area (Å²) in [4.78, 5) is 12.3. The first-order valence-corrected chi connectivity index (χ1v) is 7.68. The molecule has 2 aromatic rings. The predicted octanol–water partition coefficient (Wildman–Crippen LogP) is 5.56. The summed E-state index contributed by atoms with van der Waals surface area (Å²) >= 11 is 17.9. The second-order valence-corrected chi connectivity index (χ2v) is 5.73. The largest absolute Gasteiger partial charge is 0.497 e. The van der Waals surface area contributed by atoms with Gasteiger partial charge < -0.3 is 9.47 Å². The van der Waals surface area contributed by atoms with E-state index in [9.17, 15) is 4.79 Å². The average molecular weight is 372 g/mol. The maximum absolute atomic E-state index is 12.3. The molecule has 0 amide bonds. The molecule has 3 nitrogen and oxygen atoms in total. The summed E-state index contributed by atoms with van der Waals surface area (Å²) in [6.07, 6.45) is 3.05. The smallest absolute Gasteiger partial charge is 0.187 e. The van der Waals surface area contributed by atoms with Crippen molar-refractivity contribution in [3.63, 3.8) is 0 Å². The van der Waals surface area contributed by atoms with Crippen LogP contribution < -0.4 is 9.47 Å². The second kappa shape index (κ2) is 7.73. The van der Waals surface area contributed by atoms with E-state index in [1.54, 1.807) is 38.5 Å². The SMILES string of the molecule is COc1cc(/C=C/C(=O)c2ccc(Cl)c(Cl)c2Cl)cc(OC)c1. The summed E-state index contributed by atoms with van der Waals surface area (Å²) in [5.41, 5.74) is 1.04. The van der Waals surface area contributed by atoms with Crippen LogP contribution in [-0.4, -0.2) is 20.0 Å². The fourth-order valence-electron chi connectivity index (χ4n) is 1.90. The third kappa shape index (κ3) is 4.20. The monoisotopic (exact) mass is 370 g/mol. The van der Waals surface area contributed by atoms with Gasteiger partial charge in [-0.15, -0.1) is 0 Å². The molecular formula is C17H13Cl3O3. The third-order valence-electron chi connectivity index (χ3n) is 3.10. The molecule has 0 aromatic heterocycles. The van der Waals surface area contributed by atoms with Crippen molar-refractivity contribution in [3.8, 4) is 11.5 Å². The van der Waals surface area contributed by atoms with Gasteiger partial charge in [-0.1, -0.05) is 40.9 Å². The molecule has 0 heterocycles. The zero-order valence-corrected chi connectivity index (χ0v) is 14.7. The fraction of sp³-hybridized carbons (Fsp3) is 0.118. The molecule has 0 aliphatic rings. The summed E-state index contributed by atoms with van der Waals surface area (Å²) in [6.45, 7) is 0. The third-order valence-corrected chi connectivity index (χ3v) is 4.40. The van der Waals surface area contributed by atoms with Crippen LogP contribution in [0, 0.1) is 0 Å². The summed E-state index contributed by atoms with van der Waals surface area (Å²) in [5, 5.41) is 0.599. The van der Waals surface area contributed by atoms with Gasteiger partial charge in [0.05, 0.1) is 29.3 Å². The van der Waals surface area contributed by atoms with Crippen molar-refractivity contribution in [2.45, 2.75) is 0 Å². The van der Waals surface area contributed by atoms with Crippen LogP contribution in [0.25, 0.3) is 6.08 Å². The lowest BCUT2D eigenvalue weighted by Gasteiger charge is -2.06. The van der Waals surface area contributed by atoms with Gasteiger partial charge in [0, 0.05) is 11.6 Å². The van der Waals surface area contributed by atoms with Gasteiger partial charge in [0.1, 0.15) is 11.5 Å². The Morgan fingerprint density at radius 3 is 2.13 bits per heavy atom. The van der Waals surface area contributed by atoms with Crippen LogP contribution in [0.15, 0.2) is 36.4 Å². The Hall–Kier alpha value is -1.68. The number of hydrogen-bond donors (Lipinski definition) is 0. The molecule has 23 heavy (non-hydrogen) atoms. The van der Waals surface area contributed by atoms with E-state index in [1.807, 2.05) is 0 Å². The van der Waals surface area contributed by atoms with Crippen molar-refractivity contribution in [1.82, 2.24) is 0 Å². The van der Waals surface area contributed by atoms with Crippen molar-refractivity contribution in [2.75, 3.05) is 14.2 Å². The number of ketones is 1. The summed E-state index contributed by atoms with van der Waals surface area (Å²) < 4.78 is 10.4. The van der Waals surface area contributed by atoms with Gasteiger partial charge in [-0.25, -0.2) is 0 Å². The van der Waals surface area contributed by atoms with Crippen LogP contribution in [0.5, 0.6) is 11.5 Å². The van der Waals surface area contributed by atoms with E-state index >= 15 is 0 Å². The van der Waals surface area contributed by atoms with Gasteiger partial charge in [0.25, 0.3) is 0 Å². The van der Waals surface area contributed by atoms with E-state index in [0.717, 1.165) is 5.56 Å². The van der Waals surface area contributed by atoms with Crippen LogP contribution in [0.1, 0.15) is 15.9 Å². The Kier molecular flexibility index (Phi) is 5.94. The lowest BCUT2D eigenvalue weighted by atomic mass is 10.1. The van der Waals surface area contributed by atoms with Crippen molar-refractivity contribution >= 4 is 46.7 Å². The Balaban J connectivity index is 2.30. The topological polar surface area (TPSA) is 35.5 Å². The Morgan fingerprint density at radius 2 is 1.57 bits per heavy atom. The minimum absolute atomic E-state index is 0.136. The number of allylic oxidation sites excluding steroid dienone is 1. The highest BCUT2D eigenvalue weighted by Crippen LogP contribution is 2.33. The van der Waals surface area contributed by atoms with E-state index in [0.29, 0.717) is 16.5 Å². The minimum Gasteiger partial charge on any atom is -0.497 e. The summed E-state index contributed by atoms with van der Waals surface area (Å²) in [6, 6.07) is 8.38. The lowest BCUT2D eigenvalue weighted by Crippen LogP contribution is -1.96. The number of halogens is 3. The molecule has 0 N–H and O–H groups in total. The van der Waals surface area contributed by atoms with Crippen LogP contribution in [0.4, 0.5) is 0 Å². The molecule has 0 atom stereocenters. The lowest BCUT2D eigenvalue weighted by molar-refractivity contribution is 0.104. The number of hydrogen-bond acceptors (Lipinski definition) is 3. The Morgan fingerprint density at radius 1 is 0.957 bits per heavy atom. The Bertz CT molecular complexity index is 748. The van der Waals surface area contributed by atoms with Gasteiger partial charge in [-0.3, -0.25) is 4.79 Å². The van der Waals surface area contributed by atoms with E-state index in [-0.39, 0.29) is 21.4 Å². The van der Waals surface area contributed by atoms with Gasteiger partial charge >= 0.3 is 0 Å². The van der Waals surface area contributed by atoms with E-state index < -0.39 is 0 Å². The van der Waals surface area contributed by atoms with Crippen molar-refractivity contribution < 1.29 is 14.3 Å². The van der Waals surface area contributed by atoms with Crippen LogP contribution in [0.3, 0.4) is 0 Å². The first kappa shape index (κ1) is 17.7. The average Bonchev–Trinajstić information content (AvgIpc) is 2.57. The normalized spacial score (nSPS) is 10.8. The second-order valence-electron chi connectivity index (χ2n) is 4.57. The number of benzene rings is 2. The standard InChI is InChI=1S/C17H13Cl3O3/c1-22-11-7-10(8-12(9-11)23-2)3-6-15(21)13-4-5-14(18)17(20)16(13)19/h3-9H,1-2H3/b6-3+. The fourth-order valence-corrected chi connectivity index (χ4v) is 2.53. The van der Waals surface area contributed by atoms with E-state index in [1.165, 1.54) is 18.2 Å². The summed E-state index contributed by atoms with van der Waals surface area (Å²) in [7, 11) is 3.12. The van der Waals surface area contributed by atoms with Gasteiger partial charge in [-0.2, -0.15) is 0 Å². The van der Waals surface area contributed by atoms with Crippen LogP contribution in [-0.2, 0) is 0 Å². The van der Waals surface area contributed by atoms with E-state index in [2.05, 4.69) is 0 Å². The molecule has 2 rings (SSSR count). The maximum atomic E-state index is 12.3. The quantitative estimate of drug-likeness (QED) is 0.392. The molecule has 0 fully saturated rings. The highest BCUT2D eigenvalue weighted by molar-refractivity contribution is 6.49. The predicted molar refractivity (Wildman–Crippen MR) is 94.4 cm³/mol. The van der Waals surface area contributed by atoms with E-state index in [4.69, 9.17) is 44.3 Å². The molecule has 0 saturated heterocycles. The zero-order chi connectivity index (χ0) is 17.0. The number of carbonyl (C=O) groups is 1. The molecule has 120 valence electrons. The molecule has 0 aliphatic carbocycles. The molecule has 0 radical (unpaired) electrons. The van der Waals surface area contributed by atoms with Crippen molar-refractivity contribution in [3.05, 3.63) is 62.6 Å². The number of methoxy groups -OCH3 is 2. The molecule has 0 unspecified atom stereocenters. The Labute approximate surface area is 149 Å². The molecule has 0 bridgehead atoms. The molecule has 0 spiro atoms. The van der Waals surface area contributed by atoms with Gasteiger partial charge in [0.2, 0.25) is 0 Å². The van der Waals surface area contributed by atoms with Gasteiger partial charge in [0.15, 0.2) is 5.78 Å². The minimum atomic E-state index is -0.282. The van der Waals surface area contributed by atoms with Crippen LogP contribution in [0.2, 0.25) is 15.1 Å². The molecule has 6 heteroatoms. The molecular weight excluding hydrogens is 359 g/mol.